The highest BCUT2D eigenvalue weighted by molar-refractivity contribution is 7.89. The van der Waals surface area contributed by atoms with E-state index >= 15 is 0 Å². The Labute approximate surface area is 231 Å². The number of nitrogens with one attached hydrogen (secondary N) is 2. The summed E-state index contributed by atoms with van der Waals surface area (Å²) in [5, 5.41) is 18.8. The van der Waals surface area contributed by atoms with Crippen LogP contribution < -0.4 is 14.8 Å². The molecule has 1 aliphatic heterocycles. The molecule has 0 radical (unpaired) electrons. The molecule has 1 aliphatic rings. The Bertz CT molecular complexity index is 1480. The number of methoxy groups -OCH3 is 1. The van der Waals surface area contributed by atoms with Crippen molar-refractivity contribution in [3.05, 3.63) is 69.4 Å². The minimum Gasteiger partial charge on any atom is -0.437 e. The summed E-state index contributed by atoms with van der Waals surface area (Å²) in [4.78, 5) is 23.4. The van der Waals surface area contributed by atoms with Crippen LogP contribution in [0.15, 0.2) is 47.4 Å². The average molecular weight is 574 g/mol. The number of nitro benzene ring substituents is 1. The summed E-state index contributed by atoms with van der Waals surface area (Å²) in [5.74, 6) is -0.548. The first-order valence-corrected chi connectivity index (χ1v) is 14.1. The fraction of sp³-hybridized carbons (Fsp3) is 0.385. The van der Waals surface area contributed by atoms with Gasteiger partial charge in [0.2, 0.25) is 15.9 Å². The number of nitro groups is 1. The lowest BCUT2D eigenvalue weighted by atomic mass is 10.2. The van der Waals surface area contributed by atoms with Crippen molar-refractivity contribution in [3.8, 4) is 17.3 Å². The van der Waals surface area contributed by atoms with Crippen LogP contribution in [0.4, 0.5) is 5.69 Å². The van der Waals surface area contributed by atoms with Gasteiger partial charge in [0.15, 0.2) is 5.69 Å². The predicted octanol–water partition coefficient (Wildman–Crippen LogP) is 3.02. The standard InChI is InChI=1S/C26H31N5O8S/c1-17-6-8-19(9-7-17)30-26(18(2)24(29-30)25(32)27-16-21-5-4-13-38-21)39-22-11-10-20(31(33)34)15-23(22)40(35,36)28-12-14-37-3/h6-11,15,21,28H,4-5,12-14,16H2,1-3H3,(H,27,32)/t21-/m0/s1. The number of aromatic nitrogens is 2. The van der Waals surface area contributed by atoms with Gasteiger partial charge < -0.3 is 19.5 Å². The Balaban J connectivity index is 1.76. The second-order valence-corrected chi connectivity index (χ2v) is 11.0. The molecule has 0 saturated carbocycles. The van der Waals surface area contributed by atoms with Crippen molar-refractivity contribution in [3.63, 3.8) is 0 Å². The zero-order valence-corrected chi connectivity index (χ0v) is 23.2. The number of benzene rings is 2. The number of amides is 1. The van der Waals surface area contributed by atoms with Gasteiger partial charge in [-0.25, -0.2) is 13.1 Å². The van der Waals surface area contributed by atoms with Crippen LogP contribution in [0.2, 0.25) is 0 Å². The lowest BCUT2D eigenvalue weighted by molar-refractivity contribution is -0.385. The van der Waals surface area contributed by atoms with Gasteiger partial charge in [-0.2, -0.15) is 9.78 Å². The van der Waals surface area contributed by atoms with Crippen molar-refractivity contribution in [2.75, 3.05) is 33.4 Å². The first kappa shape index (κ1) is 29.1. The van der Waals surface area contributed by atoms with E-state index in [0.717, 1.165) is 30.5 Å². The number of hydrogen-bond donors (Lipinski definition) is 2. The van der Waals surface area contributed by atoms with Crippen LogP contribution in [0.25, 0.3) is 5.69 Å². The zero-order chi connectivity index (χ0) is 28.9. The molecule has 1 amide bonds. The lowest BCUT2D eigenvalue weighted by Gasteiger charge is -2.14. The van der Waals surface area contributed by atoms with E-state index in [0.29, 0.717) is 24.4 Å². The highest BCUT2D eigenvalue weighted by Gasteiger charge is 2.28. The van der Waals surface area contributed by atoms with Crippen LogP contribution in [0, 0.1) is 24.0 Å². The van der Waals surface area contributed by atoms with E-state index in [1.807, 2.05) is 19.1 Å². The molecule has 0 bridgehead atoms. The molecule has 2 aromatic carbocycles. The number of carbonyl (C=O) groups is 1. The molecule has 214 valence electrons. The summed E-state index contributed by atoms with van der Waals surface area (Å²) < 4.78 is 46.6. The van der Waals surface area contributed by atoms with Gasteiger partial charge in [-0.3, -0.25) is 14.9 Å². The van der Waals surface area contributed by atoms with E-state index in [1.54, 1.807) is 19.1 Å². The van der Waals surface area contributed by atoms with Gasteiger partial charge in [0.25, 0.3) is 11.6 Å². The molecular formula is C26H31N5O8S. The van der Waals surface area contributed by atoms with Gasteiger partial charge >= 0.3 is 0 Å². The Hall–Kier alpha value is -3.85. The summed E-state index contributed by atoms with van der Waals surface area (Å²) in [6.45, 7) is 4.56. The molecule has 0 spiro atoms. The number of hydrogen-bond acceptors (Lipinski definition) is 9. The van der Waals surface area contributed by atoms with Gasteiger partial charge in [0.05, 0.1) is 23.3 Å². The SMILES string of the molecule is COCCNS(=O)(=O)c1cc([N+](=O)[O-])ccc1Oc1c(C)c(C(=O)NC[C@@H]2CCCO2)nn1-c1ccc(C)cc1. The van der Waals surface area contributed by atoms with Crippen LogP contribution in [-0.2, 0) is 19.5 Å². The maximum absolute atomic E-state index is 13.1. The Morgan fingerprint density at radius 2 is 1.98 bits per heavy atom. The molecular weight excluding hydrogens is 542 g/mol. The van der Waals surface area contributed by atoms with Crippen molar-refractivity contribution >= 4 is 21.6 Å². The average Bonchev–Trinajstić information content (AvgIpc) is 3.56. The maximum Gasteiger partial charge on any atom is 0.272 e. The van der Waals surface area contributed by atoms with Gasteiger partial charge in [0.1, 0.15) is 10.6 Å². The maximum atomic E-state index is 13.1. The van der Waals surface area contributed by atoms with Crippen LogP contribution in [-0.4, -0.2) is 68.5 Å². The number of nitrogens with zero attached hydrogens (tertiary/aromatic N) is 3. The number of aryl methyl sites for hydroxylation is 1. The third-order valence-electron chi connectivity index (χ3n) is 6.31. The van der Waals surface area contributed by atoms with E-state index in [2.05, 4.69) is 15.1 Å². The molecule has 1 fully saturated rings. The smallest absolute Gasteiger partial charge is 0.272 e. The third kappa shape index (κ3) is 6.65. The lowest BCUT2D eigenvalue weighted by Crippen LogP contribution is -2.32. The van der Waals surface area contributed by atoms with Crippen LogP contribution in [0.1, 0.15) is 34.5 Å². The Kier molecular flexibility index (Phi) is 9.14. The molecule has 2 heterocycles. The van der Waals surface area contributed by atoms with Gasteiger partial charge in [-0.1, -0.05) is 17.7 Å². The van der Waals surface area contributed by atoms with E-state index in [-0.39, 0.29) is 36.6 Å². The number of carbonyl (C=O) groups excluding carboxylic acids is 1. The van der Waals surface area contributed by atoms with E-state index in [4.69, 9.17) is 14.2 Å². The molecule has 14 heteroatoms. The molecule has 1 saturated heterocycles. The Morgan fingerprint density at radius 3 is 2.62 bits per heavy atom. The van der Waals surface area contributed by atoms with Gasteiger partial charge in [-0.15, -0.1) is 0 Å². The molecule has 0 aliphatic carbocycles. The fourth-order valence-corrected chi connectivity index (χ4v) is 5.30. The summed E-state index contributed by atoms with van der Waals surface area (Å²) in [6.07, 6.45) is 1.71. The summed E-state index contributed by atoms with van der Waals surface area (Å²) >= 11 is 0. The van der Waals surface area contributed by atoms with Crippen molar-refractivity contribution in [2.45, 2.75) is 37.7 Å². The first-order valence-electron chi connectivity index (χ1n) is 12.6. The monoisotopic (exact) mass is 573 g/mol. The molecule has 40 heavy (non-hydrogen) atoms. The largest absolute Gasteiger partial charge is 0.437 e. The van der Waals surface area contributed by atoms with E-state index in [1.165, 1.54) is 17.9 Å². The van der Waals surface area contributed by atoms with Crippen molar-refractivity contribution < 1.29 is 32.3 Å². The van der Waals surface area contributed by atoms with Gasteiger partial charge in [-0.05, 0) is 44.9 Å². The molecule has 4 rings (SSSR count). The number of non-ortho nitro benzene ring substituents is 1. The minimum absolute atomic E-state index is 0.0592. The quantitative estimate of drug-likeness (QED) is 0.188. The molecule has 13 nitrogen and oxygen atoms in total. The Morgan fingerprint density at radius 1 is 1.23 bits per heavy atom. The molecule has 3 aromatic rings. The molecule has 2 N–H and O–H groups in total. The summed E-state index contributed by atoms with van der Waals surface area (Å²) in [5.41, 5.74) is 1.55. The number of rotatable bonds is 12. The molecule has 1 aromatic heterocycles. The van der Waals surface area contributed by atoms with Crippen molar-refractivity contribution in [2.24, 2.45) is 0 Å². The van der Waals surface area contributed by atoms with Crippen LogP contribution in [0.5, 0.6) is 11.6 Å². The molecule has 0 unspecified atom stereocenters. The zero-order valence-electron chi connectivity index (χ0n) is 22.4. The second kappa shape index (κ2) is 12.6. The van der Waals surface area contributed by atoms with E-state index < -0.39 is 31.4 Å². The normalized spacial score (nSPS) is 15.2. The number of ether oxygens (including phenoxy) is 3. The number of sulfonamides is 1. The van der Waals surface area contributed by atoms with E-state index in [9.17, 15) is 23.3 Å². The highest BCUT2D eigenvalue weighted by atomic mass is 32.2. The summed E-state index contributed by atoms with van der Waals surface area (Å²) in [7, 11) is -2.83. The third-order valence-corrected chi connectivity index (χ3v) is 7.79. The van der Waals surface area contributed by atoms with Crippen LogP contribution in [0.3, 0.4) is 0 Å². The summed E-state index contributed by atoms with van der Waals surface area (Å²) in [6, 6.07) is 10.5. The van der Waals surface area contributed by atoms with Crippen LogP contribution >= 0.6 is 0 Å². The van der Waals surface area contributed by atoms with Crippen molar-refractivity contribution in [1.82, 2.24) is 19.8 Å². The fourth-order valence-electron chi connectivity index (χ4n) is 4.14. The van der Waals surface area contributed by atoms with Gasteiger partial charge in [0, 0.05) is 44.5 Å². The minimum atomic E-state index is -4.25. The topological polar surface area (TPSA) is 164 Å². The first-order chi connectivity index (χ1) is 19.1. The highest BCUT2D eigenvalue weighted by Crippen LogP contribution is 2.35. The molecule has 1 atom stereocenters. The van der Waals surface area contributed by atoms with Crippen molar-refractivity contribution in [1.29, 1.82) is 0 Å². The predicted molar refractivity (Wildman–Crippen MR) is 145 cm³/mol. The second-order valence-electron chi connectivity index (χ2n) is 9.25.